The Morgan fingerprint density at radius 3 is 2.90 bits per heavy atom. The van der Waals surface area contributed by atoms with Gasteiger partial charge in [0.2, 0.25) is 5.91 Å². The maximum Gasteiger partial charge on any atom is 0.231 e. The normalized spacial score (nSPS) is 14.7. The molecular weight excluding hydrogens is 408 g/mol. The third-order valence-electron chi connectivity index (χ3n) is 4.57. The van der Waals surface area contributed by atoms with Gasteiger partial charge in [-0.25, -0.2) is 9.97 Å². The number of hydrogen-bond donors (Lipinski definition) is 1. The molecule has 1 N–H and O–H groups in total. The van der Waals surface area contributed by atoms with Gasteiger partial charge >= 0.3 is 0 Å². The van der Waals surface area contributed by atoms with E-state index in [2.05, 4.69) is 44.5 Å². The molecule has 29 heavy (non-hydrogen) atoms. The third-order valence-corrected chi connectivity index (χ3v) is 5.74. The number of rotatable bonds is 6. The molecule has 0 spiro atoms. The predicted octanol–water partition coefficient (Wildman–Crippen LogP) is 3.87. The van der Waals surface area contributed by atoms with Gasteiger partial charge in [-0.15, -0.1) is 11.3 Å². The maximum atomic E-state index is 12.3. The first kappa shape index (κ1) is 20.0. The summed E-state index contributed by atoms with van der Waals surface area (Å²) in [7, 11) is 0. The van der Waals surface area contributed by atoms with E-state index < -0.39 is 0 Å². The Balaban J connectivity index is 1.38. The summed E-state index contributed by atoms with van der Waals surface area (Å²) in [5, 5.41) is 6.14. The molecule has 1 fully saturated rings. The van der Waals surface area contributed by atoms with Crippen molar-refractivity contribution in [3.63, 3.8) is 0 Å². The van der Waals surface area contributed by atoms with Gasteiger partial charge in [0.25, 0.3) is 0 Å². The Morgan fingerprint density at radius 1 is 1.24 bits per heavy atom. The lowest BCUT2D eigenvalue weighted by molar-refractivity contribution is -0.115. The van der Waals surface area contributed by atoms with Crippen LogP contribution in [0.15, 0.2) is 48.0 Å². The van der Waals surface area contributed by atoms with Crippen LogP contribution in [0.1, 0.15) is 11.3 Å². The number of ether oxygens (including phenoxy) is 1. The van der Waals surface area contributed by atoms with Crippen molar-refractivity contribution in [3.8, 4) is 10.6 Å². The highest BCUT2D eigenvalue weighted by Crippen LogP contribution is 2.25. The Labute approximate surface area is 178 Å². The average molecular weight is 429 g/mol. The third kappa shape index (κ3) is 5.61. The second-order valence-electron chi connectivity index (χ2n) is 6.82. The van der Waals surface area contributed by atoms with E-state index in [9.17, 15) is 4.79 Å². The van der Waals surface area contributed by atoms with Crippen molar-refractivity contribution in [2.24, 2.45) is 0 Å². The number of hydrogen-bond acceptors (Lipinski definition) is 6. The summed E-state index contributed by atoms with van der Waals surface area (Å²) in [5.41, 5.74) is 3.08. The van der Waals surface area contributed by atoms with Gasteiger partial charge in [-0.3, -0.25) is 9.69 Å². The van der Waals surface area contributed by atoms with Crippen LogP contribution >= 0.6 is 22.9 Å². The summed E-state index contributed by atoms with van der Waals surface area (Å²) < 4.78 is 5.42. The number of pyridine rings is 1. The quantitative estimate of drug-likeness (QED) is 0.645. The summed E-state index contributed by atoms with van der Waals surface area (Å²) >= 11 is 7.36. The Hall–Kier alpha value is -2.32. The lowest BCUT2D eigenvalue weighted by Gasteiger charge is -2.26. The first-order valence-electron chi connectivity index (χ1n) is 9.41. The molecule has 8 heteroatoms. The van der Waals surface area contributed by atoms with E-state index in [0.717, 1.165) is 49.1 Å². The van der Waals surface area contributed by atoms with Gasteiger partial charge in [0.1, 0.15) is 10.8 Å². The van der Waals surface area contributed by atoms with Crippen molar-refractivity contribution in [3.05, 3.63) is 64.3 Å². The number of anilines is 1. The van der Waals surface area contributed by atoms with Gasteiger partial charge in [0.15, 0.2) is 0 Å². The van der Waals surface area contributed by atoms with Crippen molar-refractivity contribution in [1.29, 1.82) is 0 Å². The van der Waals surface area contributed by atoms with Crippen molar-refractivity contribution in [2.45, 2.75) is 13.0 Å². The zero-order valence-electron chi connectivity index (χ0n) is 15.8. The highest BCUT2D eigenvalue weighted by atomic mass is 35.5. The van der Waals surface area contributed by atoms with Crippen LogP contribution in [-0.4, -0.2) is 47.1 Å². The summed E-state index contributed by atoms with van der Waals surface area (Å²) in [6, 6.07) is 11.8. The molecular formula is C21H21ClN4O2S. The van der Waals surface area contributed by atoms with Crippen molar-refractivity contribution in [1.82, 2.24) is 14.9 Å². The molecule has 1 aliphatic rings. The molecule has 0 atom stereocenters. The fourth-order valence-corrected chi connectivity index (χ4v) is 4.07. The molecule has 1 aromatic carbocycles. The zero-order chi connectivity index (χ0) is 20.1. The maximum absolute atomic E-state index is 12.3. The lowest BCUT2D eigenvalue weighted by atomic mass is 10.1. The second-order valence-corrected chi connectivity index (χ2v) is 8.11. The SMILES string of the molecule is O=C(Cc1csc(-c2cccc(CN3CCOCC3)c2)n1)Nc1ccc(Cl)cn1. The molecule has 3 heterocycles. The van der Waals surface area contributed by atoms with Crippen LogP contribution in [0.3, 0.4) is 0 Å². The van der Waals surface area contributed by atoms with Gasteiger partial charge in [-0.05, 0) is 23.8 Å². The number of benzene rings is 1. The van der Waals surface area contributed by atoms with Crippen molar-refractivity contribution in [2.75, 3.05) is 31.6 Å². The van der Waals surface area contributed by atoms with E-state index in [0.29, 0.717) is 10.8 Å². The summed E-state index contributed by atoms with van der Waals surface area (Å²) in [6.07, 6.45) is 1.70. The van der Waals surface area contributed by atoms with Gasteiger partial charge in [-0.1, -0.05) is 29.8 Å². The zero-order valence-corrected chi connectivity index (χ0v) is 17.4. The Bertz CT molecular complexity index is 971. The number of carbonyl (C=O) groups excluding carboxylic acids is 1. The molecule has 150 valence electrons. The molecule has 6 nitrogen and oxygen atoms in total. The topological polar surface area (TPSA) is 67.4 Å². The molecule has 0 aliphatic carbocycles. The smallest absolute Gasteiger partial charge is 0.231 e. The van der Waals surface area contributed by atoms with Gasteiger partial charge < -0.3 is 10.1 Å². The standard InChI is InChI=1S/C21H21ClN4O2S/c22-17-4-5-19(23-12-17)25-20(27)11-18-14-29-21(24-18)16-3-1-2-15(10-16)13-26-6-8-28-9-7-26/h1-5,10,12,14H,6-9,11,13H2,(H,23,25,27). The van der Waals surface area contributed by atoms with E-state index in [1.807, 2.05) is 5.38 Å². The van der Waals surface area contributed by atoms with Crippen LogP contribution in [0.2, 0.25) is 5.02 Å². The van der Waals surface area contributed by atoms with E-state index in [4.69, 9.17) is 16.3 Å². The number of nitrogens with one attached hydrogen (secondary N) is 1. The fourth-order valence-electron chi connectivity index (χ4n) is 3.14. The van der Waals surface area contributed by atoms with E-state index in [-0.39, 0.29) is 12.3 Å². The molecule has 2 aromatic heterocycles. The number of amides is 1. The van der Waals surface area contributed by atoms with Crippen molar-refractivity contribution < 1.29 is 9.53 Å². The molecule has 4 rings (SSSR count). The van der Waals surface area contributed by atoms with Crippen LogP contribution in [0.5, 0.6) is 0 Å². The van der Waals surface area contributed by atoms with Gasteiger partial charge in [0, 0.05) is 36.8 Å². The molecule has 1 amide bonds. The molecule has 0 saturated carbocycles. The first-order chi connectivity index (χ1) is 14.2. The van der Waals surface area contributed by atoms with E-state index in [1.165, 1.54) is 11.8 Å². The number of halogens is 1. The van der Waals surface area contributed by atoms with Crippen LogP contribution in [0, 0.1) is 0 Å². The van der Waals surface area contributed by atoms with Gasteiger partial charge in [0.05, 0.1) is 30.4 Å². The Morgan fingerprint density at radius 2 is 2.10 bits per heavy atom. The van der Waals surface area contributed by atoms with Crippen LogP contribution in [-0.2, 0) is 22.5 Å². The van der Waals surface area contributed by atoms with Gasteiger partial charge in [-0.2, -0.15) is 0 Å². The second kappa shape index (κ2) is 9.45. The van der Waals surface area contributed by atoms with Crippen LogP contribution in [0.4, 0.5) is 5.82 Å². The monoisotopic (exact) mass is 428 g/mol. The number of nitrogens with zero attached hydrogens (tertiary/aromatic N) is 3. The molecule has 1 saturated heterocycles. The van der Waals surface area contributed by atoms with Crippen molar-refractivity contribution >= 4 is 34.7 Å². The molecule has 0 unspecified atom stereocenters. The number of thiazole rings is 1. The number of carbonyl (C=O) groups is 1. The highest BCUT2D eigenvalue weighted by molar-refractivity contribution is 7.13. The molecule has 0 radical (unpaired) electrons. The molecule has 1 aliphatic heterocycles. The highest BCUT2D eigenvalue weighted by Gasteiger charge is 2.13. The Kier molecular flexibility index (Phi) is 6.51. The average Bonchev–Trinajstić information content (AvgIpc) is 3.19. The first-order valence-corrected chi connectivity index (χ1v) is 10.7. The largest absolute Gasteiger partial charge is 0.379 e. The summed E-state index contributed by atoms with van der Waals surface area (Å²) in [4.78, 5) is 23.4. The minimum atomic E-state index is -0.155. The summed E-state index contributed by atoms with van der Waals surface area (Å²) in [5.74, 6) is 0.323. The predicted molar refractivity (Wildman–Crippen MR) is 115 cm³/mol. The number of aromatic nitrogens is 2. The minimum Gasteiger partial charge on any atom is -0.379 e. The van der Waals surface area contributed by atoms with E-state index in [1.54, 1.807) is 23.5 Å². The van der Waals surface area contributed by atoms with E-state index >= 15 is 0 Å². The number of morpholine rings is 1. The molecule has 0 bridgehead atoms. The summed E-state index contributed by atoms with van der Waals surface area (Å²) in [6.45, 7) is 4.42. The molecule has 3 aromatic rings. The van der Waals surface area contributed by atoms with Crippen LogP contribution < -0.4 is 5.32 Å². The minimum absolute atomic E-state index is 0.155. The fraction of sp³-hybridized carbons (Fsp3) is 0.286. The van der Waals surface area contributed by atoms with Crippen LogP contribution in [0.25, 0.3) is 10.6 Å². The lowest BCUT2D eigenvalue weighted by Crippen LogP contribution is -2.35.